The summed E-state index contributed by atoms with van der Waals surface area (Å²) in [6.45, 7) is 5.40. The summed E-state index contributed by atoms with van der Waals surface area (Å²) in [4.78, 5) is 2.22. The number of benzene rings is 3. The van der Waals surface area contributed by atoms with Gasteiger partial charge in [-0.2, -0.15) is 0 Å². The van der Waals surface area contributed by atoms with Crippen molar-refractivity contribution in [3.8, 4) is 23.0 Å². The maximum absolute atomic E-state index is 13.1. The average molecular weight is 490 g/mol. The molecule has 0 aromatic heterocycles. The lowest BCUT2D eigenvalue weighted by molar-refractivity contribution is 0.0366. The van der Waals surface area contributed by atoms with Gasteiger partial charge in [-0.05, 0) is 78.9 Å². The first-order valence-corrected chi connectivity index (χ1v) is 12.5. The van der Waals surface area contributed by atoms with Gasteiger partial charge in [0.1, 0.15) is 29.1 Å². The van der Waals surface area contributed by atoms with E-state index in [9.17, 15) is 14.6 Å². The molecule has 2 N–H and O–H groups in total. The highest BCUT2D eigenvalue weighted by atomic mass is 19.1. The Hall–Kier alpha value is -3.51. The number of aromatic hydroxyl groups is 2. The third kappa shape index (κ3) is 4.78. The van der Waals surface area contributed by atoms with E-state index in [-0.39, 0.29) is 30.3 Å². The van der Waals surface area contributed by atoms with Crippen LogP contribution >= 0.6 is 0 Å². The molecule has 2 aliphatic rings. The van der Waals surface area contributed by atoms with Crippen LogP contribution in [0.2, 0.25) is 0 Å². The zero-order chi connectivity index (χ0) is 25.2. The van der Waals surface area contributed by atoms with Crippen LogP contribution in [0.1, 0.15) is 49.5 Å². The van der Waals surface area contributed by atoms with Gasteiger partial charge in [0.2, 0.25) is 0 Å². The second-order valence-corrected chi connectivity index (χ2v) is 9.62. The predicted molar refractivity (Wildman–Crippen MR) is 139 cm³/mol. The minimum absolute atomic E-state index is 0.0807. The maximum atomic E-state index is 13.1. The molecule has 3 aromatic rings. The summed E-state index contributed by atoms with van der Waals surface area (Å²) >= 11 is 0. The average Bonchev–Trinajstić information content (AvgIpc) is 3.37. The monoisotopic (exact) mass is 489 g/mol. The van der Waals surface area contributed by atoms with Gasteiger partial charge in [-0.1, -0.05) is 31.2 Å². The molecular formula is C30H32FNO4. The van der Waals surface area contributed by atoms with Crippen molar-refractivity contribution in [3.05, 3.63) is 83.4 Å². The Kier molecular flexibility index (Phi) is 6.88. The van der Waals surface area contributed by atoms with Gasteiger partial charge >= 0.3 is 0 Å². The lowest BCUT2D eigenvalue weighted by Gasteiger charge is -2.31. The number of allylic oxidation sites excluding steroid dienone is 1. The van der Waals surface area contributed by atoms with Crippen LogP contribution in [0.4, 0.5) is 4.39 Å². The molecule has 2 aliphatic heterocycles. The topological polar surface area (TPSA) is 62.2 Å². The van der Waals surface area contributed by atoms with E-state index >= 15 is 0 Å². The van der Waals surface area contributed by atoms with Gasteiger partial charge in [-0.25, -0.2) is 0 Å². The van der Waals surface area contributed by atoms with E-state index in [0.717, 1.165) is 59.5 Å². The molecule has 0 amide bonds. The highest BCUT2D eigenvalue weighted by Crippen LogP contribution is 2.47. The second-order valence-electron chi connectivity index (χ2n) is 9.62. The Morgan fingerprint density at radius 3 is 2.53 bits per heavy atom. The first-order chi connectivity index (χ1) is 17.5. The first kappa shape index (κ1) is 24.2. The third-order valence-electron chi connectivity index (χ3n) is 7.18. The fourth-order valence-electron chi connectivity index (χ4n) is 5.26. The molecule has 1 fully saturated rings. The Balaban J connectivity index is 1.44. The molecular weight excluding hydrogens is 457 g/mol. The number of phenols is 2. The lowest BCUT2D eigenvalue weighted by Crippen LogP contribution is -2.37. The van der Waals surface area contributed by atoms with Crippen molar-refractivity contribution in [1.29, 1.82) is 0 Å². The summed E-state index contributed by atoms with van der Waals surface area (Å²) in [7, 11) is 0. The second kappa shape index (κ2) is 10.2. The normalized spacial score (nSPS) is 20.6. The van der Waals surface area contributed by atoms with Gasteiger partial charge in [-0.3, -0.25) is 9.29 Å². The SMILES string of the molecule is CC[C@H](Oc1ccc(C2Oc3ccc(O)cc3C(C)=C2c2cccc(O)c2)cc1)N1CCC(CF)C1. The van der Waals surface area contributed by atoms with Crippen LogP contribution in [0.3, 0.4) is 0 Å². The molecule has 0 spiro atoms. The number of hydrogen-bond donors (Lipinski definition) is 2. The fraction of sp³-hybridized carbons (Fsp3) is 0.333. The molecule has 0 aliphatic carbocycles. The summed E-state index contributed by atoms with van der Waals surface area (Å²) in [5.74, 6) is 1.91. The summed E-state index contributed by atoms with van der Waals surface area (Å²) in [6, 6.07) is 20.2. The number of phenolic OH excluding ortho intramolecular Hbond substituents is 2. The van der Waals surface area contributed by atoms with Crippen LogP contribution in [-0.2, 0) is 0 Å². The van der Waals surface area contributed by atoms with Gasteiger partial charge in [0.15, 0.2) is 6.23 Å². The summed E-state index contributed by atoms with van der Waals surface area (Å²) < 4.78 is 25.8. The molecule has 0 saturated carbocycles. The highest BCUT2D eigenvalue weighted by molar-refractivity contribution is 5.95. The molecule has 6 heteroatoms. The standard InChI is InChI=1S/C30H32FNO4/c1-3-28(32-14-13-20(17-31)18-32)35-25-10-7-21(8-11-25)30-29(22-5-4-6-23(33)15-22)19(2)26-16-24(34)9-12-27(26)36-30/h4-12,15-16,20,28,30,33-34H,3,13-14,17-18H2,1-2H3/t20?,28-,30?/m0/s1. The largest absolute Gasteiger partial charge is 0.508 e. The van der Waals surface area contributed by atoms with Crippen LogP contribution in [0.5, 0.6) is 23.0 Å². The Bertz CT molecular complexity index is 1260. The van der Waals surface area contributed by atoms with E-state index in [2.05, 4.69) is 11.8 Å². The third-order valence-corrected chi connectivity index (χ3v) is 7.18. The van der Waals surface area contributed by atoms with E-state index in [4.69, 9.17) is 9.47 Å². The van der Waals surface area contributed by atoms with E-state index < -0.39 is 6.10 Å². The smallest absolute Gasteiger partial charge is 0.152 e. The summed E-state index contributed by atoms with van der Waals surface area (Å²) in [5, 5.41) is 20.2. The van der Waals surface area contributed by atoms with Crippen molar-refractivity contribution in [2.24, 2.45) is 5.92 Å². The Morgan fingerprint density at radius 2 is 1.83 bits per heavy atom. The minimum Gasteiger partial charge on any atom is -0.508 e. The van der Waals surface area contributed by atoms with Crippen LogP contribution in [0.25, 0.3) is 11.1 Å². The molecule has 5 nitrogen and oxygen atoms in total. The minimum atomic E-state index is -0.399. The van der Waals surface area contributed by atoms with Gasteiger partial charge in [0, 0.05) is 30.1 Å². The number of alkyl halides is 1. The number of halogens is 1. The number of rotatable bonds is 7. The number of ether oxygens (including phenoxy) is 2. The van der Waals surface area contributed by atoms with E-state index in [0.29, 0.717) is 5.75 Å². The van der Waals surface area contributed by atoms with E-state index in [1.54, 1.807) is 30.3 Å². The summed E-state index contributed by atoms with van der Waals surface area (Å²) in [5.41, 5.74) is 4.54. The maximum Gasteiger partial charge on any atom is 0.152 e. The van der Waals surface area contributed by atoms with E-state index in [1.165, 1.54) is 0 Å². The quantitative estimate of drug-likeness (QED) is 0.393. The molecule has 3 aromatic carbocycles. The molecule has 2 unspecified atom stereocenters. The van der Waals surface area contributed by atoms with Crippen molar-refractivity contribution >= 4 is 11.1 Å². The van der Waals surface area contributed by atoms with Crippen LogP contribution < -0.4 is 9.47 Å². The number of likely N-dealkylation sites (tertiary alicyclic amines) is 1. The molecule has 1 saturated heterocycles. The van der Waals surface area contributed by atoms with Crippen molar-refractivity contribution in [2.45, 2.75) is 39.0 Å². The zero-order valence-corrected chi connectivity index (χ0v) is 20.7. The number of nitrogens with zero attached hydrogens (tertiary/aromatic N) is 1. The highest BCUT2D eigenvalue weighted by Gasteiger charge is 2.31. The van der Waals surface area contributed by atoms with Gasteiger partial charge < -0.3 is 19.7 Å². The van der Waals surface area contributed by atoms with Crippen LogP contribution in [0, 0.1) is 5.92 Å². The first-order valence-electron chi connectivity index (χ1n) is 12.5. The predicted octanol–water partition coefficient (Wildman–Crippen LogP) is 6.57. The fourth-order valence-corrected chi connectivity index (χ4v) is 5.26. The van der Waals surface area contributed by atoms with Gasteiger partial charge in [0.25, 0.3) is 0 Å². The van der Waals surface area contributed by atoms with Crippen molar-refractivity contribution < 1.29 is 24.1 Å². The molecule has 36 heavy (non-hydrogen) atoms. The van der Waals surface area contributed by atoms with Crippen molar-refractivity contribution in [2.75, 3.05) is 19.8 Å². The Morgan fingerprint density at radius 1 is 1.06 bits per heavy atom. The number of hydrogen-bond acceptors (Lipinski definition) is 5. The molecule has 2 heterocycles. The van der Waals surface area contributed by atoms with Gasteiger partial charge in [0.05, 0.1) is 6.67 Å². The number of fused-ring (bicyclic) bond motifs is 1. The molecule has 0 radical (unpaired) electrons. The van der Waals surface area contributed by atoms with Crippen molar-refractivity contribution in [3.63, 3.8) is 0 Å². The van der Waals surface area contributed by atoms with E-state index in [1.807, 2.05) is 43.3 Å². The zero-order valence-electron chi connectivity index (χ0n) is 20.7. The lowest BCUT2D eigenvalue weighted by atomic mass is 9.86. The molecule has 5 rings (SSSR count). The molecule has 188 valence electrons. The molecule has 3 atom stereocenters. The van der Waals surface area contributed by atoms with Crippen LogP contribution in [0.15, 0.2) is 66.7 Å². The van der Waals surface area contributed by atoms with Gasteiger partial charge in [-0.15, -0.1) is 0 Å². The Labute approximate surface area is 211 Å². The molecule has 0 bridgehead atoms. The van der Waals surface area contributed by atoms with Crippen LogP contribution in [-0.4, -0.2) is 41.1 Å². The summed E-state index contributed by atoms with van der Waals surface area (Å²) in [6.07, 6.45) is 1.21. The van der Waals surface area contributed by atoms with Crippen molar-refractivity contribution in [1.82, 2.24) is 4.90 Å².